The molecule has 1 aliphatic carbocycles. The summed E-state index contributed by atoms with van der Waals surface area (Å²) >= 11 is -4.07. The van der Waals surface area contributed by atoms with Gasteiger partial charge in [-0.3, -0.25) is 0 Å². The molecule has 0 fully saturated rings. The minimum atomic E-state index is -2.09. The van der Waals surface area contributed by atoms with Crippen LogP contribution in [0.15, 0.2) is 23.4 Å². The van der Waals surface area contributed by atoms with Gasteiger partial charge in [0, 0.05) is 5.57 Å². The van der Waals surface area contributed by atoms with Crippen molar-refractivity contribution < 1.29 is 21.8 Å². The average Bonchev–Trinajstić information content (AvgIpc) is 2.63. The maximum absolute atomic E-state index is 10.4. The number of allylic oxidation sites excluding steroid dienone is 3. The van der Waals surface area contributed by atoms with E-state index in [1.807, 2.05) is 6.92 Å². The van der Waals surface area contributed by atoms with Crippen molar-refractivity contribution in [1.29, 1.82) is 0 Å². The van der Waals surface area contributed by atoms with Crippen LogP contribution in [0, 0.1) is 0 Å². The zero-order valence-corrected chi connectivity index (χ0v) is 33.5. The standard InChI is InChI=1S/C11H26O2Si2.C6H10O.C3H5O2.6CH3.2Sn/c1-9-10(2)11(12-14(3,4)5)13-15(6,7)8;7-6-4-2-1-3-5-6;1-2-3(4)5;;;;;;;;/h9H2,1-8H3;4,7H,1-3,5H2;2H,1H3,(H,4,5);6*1H3;;/q;;;;;;;;;;+1/p-1. The van der Waals surface area contributed by atoms with E-state index in [-0.39, 0.29) is 3.93 Å². The number of rotatable bonds is 9. The van der Waals surface area contributed by atoms with Crippen LogP contribution in [0.1, 0.15) is 52.9 Å². The van der Waals surface area contributed by atoms with Gasteiger partial charge in [-0.1, -0.05) is 6.92 Å². The Morgan fingerprint density at radius 3 is 1.66 bits per heavy atom. The van der Waals surface area contributed by atoms with Crippen molar-refractivity contribution >= 4 is 59.8 Å². The zero-order valence-electron chi connectivity index (χ0n) is 25.8. The van der Waals surface area contributed by atoms with E-state index in [0.29, 0.717) is 0 Å². The summed E-state index contributed by atoms with van der Waals surface area (Å²) in [5, 5.41) is 8.57. The van der Waals surface area contributed by atoms with Crippen LogP contribution in [0.5, 0.6) is 0 Å². The Morgan fingerprint density at radius 2 is 1.43 bits per heavy atom. The average molecular weight is 744 g/mol. The number of carboxylic acids is 1. The van der Waals surface area contributed by atoms with Crippen LogP contribution in [0.4, 0.5) is 0 Å². The van der Waals surface area contributed by atoms with Crippen molar-refractivity contribution in [3.8, 4) is 0 Å². The molecule has 0 spiro atoms. The van der Waals surface area contributed by atoms with Crippen LogP contribution in [0.2, 0.25) is 72.9 Å². The molecule has 0 saturated carbocycles. The molecule has 0 aliphatic heterocycles. The van der Waals surface area contributed by atoms with Crippen molar-refractivity contribution in [3.63, 3.8) is 0 Å². The molecule has 1 N–H and O–H groups in total. The van der Waals surface area contributed by atoms with E-state index < -0.39 is 59.8 Å². The molecule has 0 heterocycles. The molecule has 1 aliphatic rings. The van der Waals surface area contributed by atoms with E-state index in [0.717, 1.165) is 12.4 Å². The Bertz CT molecular complexity index is 676. The molecular formula is C26H58O5Si2Sn2. The Hall–Kier alpha value is 0.381. The first-order valence-corrected chi connectivity index (χ1v) is 39.9. The SMILES string of the molecule is CCC(C)=C(O[Si](C)(C)C)O[Si](C)(C)C.C[CH](C(=O)O)[Sn]([CH3])([CH3])[CH3].[CH3][Sn]([CH3])([CH3])[O]C1=CCCCC1. The van der Waals surface area contributed by atoms with Crippen molar-refractivity contribution in [1.82, 2.24) is 0 Å². The van der Waals surface area contributed by atoms with Gasteiger partial charge in [0.2, 0.25) is 22.6 Å². The fourth-order valence-corrected chi connectivity index (χ4v) is 9.08. The first-order valence-electron chi connectivity index (χ1n) is 13.2. The monoisotopic (exact) mass is 746 g/mol. The summed E-state index contributed by atoms with van der Waals surface area (Å²) in [7, 11) is -3.12. The summed E-state index contributed by atoms with van der Waals surface area (Å²) in [5.41, 5.74) is 1.22. The molecule has 0 aromatic carbocycles. The molecule has 1 unspecified atom stereocenters. The Balaban J connectivity index is 0. The fraction of sp³-hybridized carbons (Fsp3) is 0.808. The van der Waals surface area contributed by atoms with E-state index in [1.165, 1.54) is 37.0 Å². The normalized spacial score (nSPS) is 15.2. The van der Waals surface area contributed by atoms with Gasteiger partial charge in [0.15, 0.2) is 0 Å². The molecule has 9 heteroatoms. The van der Waals surface area contributed by atoms with Crippen LogP contribution in [-0.4, -0.2) is 64.9 Å². The molecule has 5 nitrogen and oxygen atoms in total. The van der Waals surface area contributed by atoms with E-state index in [2.05, 4.69) is 88.8 Å². The maximum atomic E-state index is 10.4. The Kier molecular flexibility index (Phi) is 17.6. The van der Waals surface area contributed by atoms with Crippen LogP contribution in [0.25, 0.3) is 0 Å². The summed E-state index contributed by atoms with van der Waals surface area (Å²) in [6.45, 7) is 19.2. The molecule has 1 rings (SSSR count). The zero-order chi connectivity index (χ0) is 28.3. The first kappa shape index (κ1) is 37.5. The number of aliphatic carboxylic acids is 1. The first-order chi connectivity index (χ1) is 15.5. The third kappa shape index (κ3) is 23.2. The van der Waals surface area contributed by atoms with Crippen LogP contribution in [-0.2, 0) is 16.7 Å². The second-order valence-electron chi connectivity index (χ2n) is 13.4. The quantitative estimate of drug-likeness (QED) is 0.188. The van der Waals surface area contributed by atoms with Gasteiger partial charge >= 0.3 is 134 Å². The number of hydrogen-bond acceptors (Lipinski definition) is 4. The molecule has 0 aromatic heterocycles. The number of hydrogen-bond donors (Lipinski definition) is 1. The van der Waals surface area contributed by atoms with E-state index >= 15 is 0 Å². The van der Waals surface area contributed by atoms with Crippen molar-refractivity contribution in [3.05, 3.63) is 23.4 Å². The van der Waals surface area contributed by atoms with Gasteiger partial charge in [0.1, 0.15) is 0 Å². The predicted molar refractivity (Wildman–Crippen MR) is 163 cm³/mol. The van der Waals surface area contributed by atoms with E-state index in [9.17, 15) is 4.79 Å². The molecule has 0 amide bonds. The van der Waals surface area contributed by atoms with Gasteiger partial charge in [-0.25, -0.2) is 0 Å². The predicted octanol–water partition coefficient (Wildman–Crippen LogP) is 9.43. The molecular weight excluding hydrogens is 686 g/mol. The van der Waals surface area contributed by atoms with Gasteiger partial charge in [0.25, 0.3) is 0 Å². The van der Waals surface area contributed by atoms with E-state index in [1.54, 1.807) is 0 Å². The molecule has 0 radical (unpaired) electrons. The summed E-state index contributed by atoms with van der Waals surface area (Å²) in [5.74, 6) is 1.47. The summed E-state index contributed by atoms with van der Waals surface area (Å²) in [6, 6.07) is 0. The Labute approximate surface area is 229 Å². The fourth-order valence-electron chi connectivity index (χ4n) is 2.56. The van der Waals surface area contributed by atoms with Crippen molar-refractivity contribution in [2.24, 2.45) is 0 Å². The second-order valence-corrected chi connectivity index (χ2v) is 50.9. The molecule has 0 saturated heterocycles. The molecule has 35 heavy (non-hydrogen) atoms. The topological polar surface area (TPSA) is 65.0 Å². The third-order valence-corrected chi connectivity index (χ3v) is 17.2. The molecule has 0 bridgehead atoms. The minimum absolute atomic E-state index is 0.0562. The van der Waals surface area contributed by atoms with Crippen molar-refractivity contribution in [2.75, 3.05) is 0 Å². The number of carbonyl (C=O) groups is 1. The van der Waals surface area contributed by atoms with Gasteiger partial charge in [-0.2, -0.15) is 0 Å². The Morgan fingerprint density at radius 1 is 0.971 bits per heavy atom. The molecule has 0 aromatic rings. The van der Waals surface area contributed by atoms with Gasteiger partial charge in [-0.05, 0) is 52.6 Å². The number of carboxylic acid groups (broad SMARTS) is 1. The van der Waals surface area contributed by atoms with Crippen LogP contribution >= 0.6 is 0 Å². The summed E-state index contributed by atoms with van der Waals surface area (Å²) in [4.78, 5) is 23.7. The van der Waals surface area contributed by atoms with Gasteiger partial charge in [-0.15, -0.1) is 0 Å². The van der Waals surface area contributed by atoms with Crippen LogP contribution < -0.4 is 0 Å². The van der Waals surface area contributed by atoms with Crippen molar-refractivity contribution in [2.45, 2.75) is 126 Å². The summed E-state index contributed by atoms with van der Waals surface area (Å²) < 4.78 is 17.9. The van der Waals surface area contributed by atoms with Gasteiger partial charge < -0.3 is 8.85 Å². The second kappa shape index (κ2) is 16.4. The third-order valence-electron chi connectivity index (χ3n) is 5.03. The molecule has 1 atom stereocenters. The van der Waals surface area contributed by atoms with Gasteiger partial charge in [0.05, 0.1) is 0 Å². The van der Waals surface area contributed by atoms with E-state index in [4.69, 9.17) is 17.0 Å². The summed E-state index contributed by atoms with van der Waals surface area (Å²) in [6.07, 6.45) is 8.38. The van der Waals surface area contributed by atoms with Crippen LogP contribution in [0.3, 0.4) is 0 Å². The molecule has 208 valence electrons.